The van der Waals surface area contributed by atoms with Gasteiger partial charge in [0.15, 0.2) is 20.4 Å². The van der Waals surface area contributed by atoms with Crippen LogP contribution in [0, 0.1) is 0 Å². The molecule has 1 amide bonds. The van der Waals surface area contributed by atoms with Gasteiger partial charge in [0.25, 0.3) is 0 Å². The molecule has 4 rings (SSSR count). The molecular weight excluding hydrogens is 386 g/mol. The fourth-order valence-corrected chi connectivity index (χ4v) is 5.85. The Morgan fingerprint density at radius 2 is 1.41 bits per heavy atom. The lowest BCUT2D eigenvalue weighted by molar-refractivity contribution is -0.118. The van der Waals surface area contributed by atoms with Crippen LogP contribution in [-0.2, 0) is 14.6 Å². The number of carbonyl (C=O) groups excluding carboxylic acids is 1. The minimum atomic E-state index is -3.82. The highest BCUT2D eigenvalue weighted by atomic mass is 32.2. The Labute approximate surface area is 170 Å². The molecule has 1 fully saturated rings. The number of benzene rings is 2. The van der Waals surface area contributed by atoms with Crippen molar-refractivity contribution in [2.24, 2.45) is 0 Å². The van der Waals surface area contributed by atoms with E-state index in [1.807, 2.05) is 30.3 Å². The van der Waals surface area contributed by atoms with E-state index in [-0.39, 0.29) is 4.90 Å². The SMILES string of the molecule is O=C(Nc1cnc(-c2ccccc2)nc1)C1(S(=O)(=O)c2ccccc2)CCCC1. The van der Waals surface area contributed by atoms with Gasteiger partial charge in [0.05, 0.1) is 23.0 Å². The quantitative estimate of drug-likeness (QED) is 0.694. The molecule has 148 valence electrons. The Kier molecular flexibility index (Phi) is 5.15. The second-order valence-corrected chi connectivity index (χ2v) is 9.39. The standard InChI is InChI=1S/C22H21N3O3S/c26-21(25-18-15-23-20(24-16-18)17-9-3-1-4-10-17)22(13-7-8-14-22)29(27,28)19-11-5-2-6-12-19/h1-6,9-12,15-16H,7-8,13-14H2,(H,25,26). The van der Waals surface area contributed by atoms with Gasteiger partial charge in [0.1, 0.15) is 0 Å². The number of hydrogen-bond acceptors (Lipinski definition) is 5. The minimum Gasteiger partial charge on any atom is -0.322 e. The number of nitrogens with one attached hydrogen (secondary N) is 1. The van der Waals surface area contributed by atoms with Crippen LogP contribution in [0.15, 0.2) is 78.0 Å². The van der Waals surface area contributed by atoms with Crippen LogP contribution in [0.5, 0.6) is 0 Å². The summed E-state index contributed by atoms with van der Waals surface area (Å²) in [6.07, 6.45) is 5.01. The van der Waals surface area contributed by atoms with Crippen LogP contribution in [0.4, 0.5) is 5.69 Å². The van der Waals surface area contributed by atoms with E-state index in [0.717, 1.165) is 5.56 Å². The van der Waals surface area contributed by atoms with Gasteiger partial charge in [-0.2, -0.15) is 0 Å². The van der Waals surface area contributed by atoms with Gasteiger partial charge in [0.2, 0.25) is 5.91 Å². The molecule has 1 aliphatic carbocycles. The number of anilines is 1. The molecule has 2 aromatic carbocycles. The second kappa shape index (κ2) is 7.75. The molecule has 7 heteroatoms. The second-order valence-electron chi connectivity index (χ2n) is 7.13. The Balaban J connectivity index is 1.60. The lowest BCUT2D eigenvalue weighted by Gasteiger charge is -2.27. The van der Waals surface area contributed by atoms with E-state index in [4.69, 9.17) is 0 Å². The van der Waals surface area contributed by atoms with E-state index in [1.165, 1.54) is 12.4 Å². The van der Waals surface area contributed by atoms with Crippen LogP contribution in [0.3, 0.4) is 0 Å². The molecule has 0 radical (unpaired) electrons. The van der Waals surface area contributed by atoms with Gasteiger partial charge in [-0.05, 0) is 25.0 Å². The number of aromatic nitrogens is 2. The average Bonchev–Trinajstić information content (AvgIpc) is 3.28. The lowest BCUT2D eigenvalue weighted by Crippen LogP contribution is -2.47. The molecule has 0 saturated heterocycles. The Morgan fingerprint density at radius 1 is 0.862 bits per heavy atom. The summed E-state index contributed by atoms with van der Waals surface area (Å²) < 4.78 is 25.2. The average molecular weight is 407 g/mol. The van der Waals surface area contributed by atoms with Crippen molar-refractivity contribution in [2.45, 2.75) is 35.3 Å². The zero-order chi connectivity index (χ0) is 20.3. The number of rotatable bonds is 5. The van der Waals surface area contributed by atoms with E-state index < -0.39 is 20.5 Å². The molecule has 6 nitrogen and oxygen atoms in total. The first-order valence-corrected chi connectivity index (χ1v) is 11.0. The maximum atomic E-state index is 13.3. The molecule has 1 N–H and O–H groups in total. The molecule has 29 heavy (non-hydrogen) atoms. The van der Waals surface area contributed by atoms with Crippen LogP contribution < -0.4 is 5.32 Å². The molecule has 0 atom stereocenters. The smallest absolute Gasteiger partial charge is 0.246 e. The molecule has 0 bridgehead atoms. The number of carbonyl (C=O) groups is 1. The topological polar surface area (TPSA) is 89.0 Å². The summed E-state index contributed by atoms with van der Waals surface area (Å²) in [5.74, 6) is 0.0194. The zero-order valence-electron chi connectivity index (χ0n) is 15.8. The van der Waals surface area contributed by atoms with E-state index in [9.17, 15) is 13.2 Å². The van der Waals surface area contributed by atoms with Gasteiger partial charge in [-0.25, -0.2) is 18.4 Å². The first-order chi connectivity index (χ1) is 14.0. The van der Waals surface area contributed by atoms with E-state index in [0.29, 0.717) is 37.2 Å². The van der Waals surface area contributed by atoms with Gasteiger partial charge in [-0.3, -0.25) is 4.79 Å². The highest BCUT2D eigenvalue weighted by Crippen LogP contribution is 2.41. The monoisotopic (exact) mass is 407 g/mol. The minimum absolute atomic E-state index is 0.174. The molecule has 1 heterocycles. The molecule has 1 aliphatic rings. The van der Waals surface area contributed by atoms with Crippen molar-refractivity contribution in [3.8, 4) is 11.4 Å². The van der Waals surface area contributed by atoms with Crippen LogP contribution in [-0.4, -0.2) is 29.0 Å². The van der Waals surface area contributed by atoms with Gasteiger partial charge in [0, 0.05) is 5.56 Å². The summed E-state index contributed by atoms with van der Waals surface area (Å²) in [5, 5.41) is 2.74. The van der Waals surface area contributed by atoms with Crippen molar-refractivity contribution in [1.82, 2.24) is 9.97 Å². The predicted octanol–water partition coefficient (Wildman–Crippen LogP) is 3.87. The van der Waals surface area contributed by atoms with Gasteiger partial charge >= 0.3 is 0 Å². The largest absolute Gasteiger partial charge is 0.322 e. The summed E-state index contributed by atoms with van der Waals surface area (Å²) >= 11 is 0. The first-order valence-electron chi connectivity index (χ1n) is 9.52. The van der Waals surface area contributed by atoms with E-state index >= 15 is 0 Å². The third kappa shape index (κ3) is 3.53. The predicted molar refractivity (Wildman–Crippen MR) is 111 cm³/mol. The number of nitrogens with zero attached hydrogens (tertiary/aromatic N) is 2. The van der Waals surface area contributed by atoms with Crippen molar-refractivity contribution in [2.75, 3.05) is 5.32 Å². The fourth-order valence-electron chi connectivity index (χ4n) is 3.76. The number of amides is 1. The number of sulfone groups is 1. The van der Waals surface area contributed by atoms with Gasteiger partial charge in [-0.15, -0.1) is 0 Å². The van der Waals surface area contributed by atoms with E-state index in [1.54, 1.807) is 30.3 Å². The summed E-state index contributed by atoms with van der Waals surface area (Å²) in [4.78, 5) is 21.9. The van der Waals surface area contributed by atoms with Crippen molar-refractivity contribution in [3.63, 3.8) is 0 Å². The van der Waals surface area contributed by atoms with Crippen LogP contribution >= 0.6 is 0 Å². The van der Waals surface area contributed by atoms with E-state index in [2.05, 4.69) is 15.3 Å². The Hall–Kier alpha value is -3.06. The maximum absolute atomic E-state index is 13.3. The highest BCUT2D eigenvalue weighted by molar-refractivity contribution is 7.93. The third-order valence-electron chi connectivity index (χ3n) is 5.33. The molecule has 0 unspecified atom stereocenters. The molecule has 0 aliphatic heterocycles. The van der Waals surface area contributed by atoms with Crippen LogP contribution in [0.25, 0.3) is 11.4 Å². The molecule has 3 aromatic rings. The molecular formula is C22H21N3O3S. The lowest BCUT2D eigenvalue weighted by atomic mass is 10.1. The summed E-state index contributed by atoms with van der Waals surface area (Å²) in [6.45, 7) is 0. The Morgan fingerprint density at radius 3 is 2.00 bits per heavy atom. The van der Waals surface area contributed by atoms with Crippen molar-refractivity contribution >= 4 is 21.4 Å². The van der Waals surface area contributed by atoms with Crippen molar-refractivity contribution in [3.05, 3.63) is 73.1 Å². The van der Waals surface area contributed by atoms with Crippen LogP contribution in [0.2, 0.25) is 0 Å². The van der Waals surface area contributed by atoms with Crippen molar-refractivity contribution < 1.29 is 13.2 Å². The maximum Gasteiger partial charge on any atom is 0.246 e. The third-order valence-corrected chi connectivity index (χ3v) is 7.85. The summed E-state index contributed by atoms with van der Waals surface area (Å²) in [5.41, 5.74) is 1.24. The molecule has 1 aromatic heterocycles. The van der Waals surface area contributed by atoms with Gasteiger partial charge in [-0.1, -0.05) is 61.4 Å². The summed E-state index contributed by atoms with van der Waals surface area (Å²) in [7, 11) is -3.82. The normalized spacial score (nSPS) is 15.7. The van der Waals surface area contributed by atoms with Gasteiger partial charge < -0.3 is 5.32 Å². The highest BCUT2D eigenvalue weighted by Gasteiger charge is 2.52. The fraction of sp³-hybridized carbons (Fsp3) is 0.227. The molecule has 1 saturated carbocycles. The van der Waals surface area contributed by atoms with Crippen LogP contribution in [0.1, 0.15) is 25.7 Å². The zero-order valence-corrected chi connectivity index (χ0v) is 16.6. The summed E-state index contributed by atoms with van der Waals surface area (Å²) in [6, 6.07) is 17.7. The first kappa shape index (κ1) is 19.3. The number of hydrogen-bond donors (Lipinski definition) is 1. The Bertz CT molecular complexity index is 1090. The van der Waals surface area contributed by atoms with Crippen molar-refractivity contribution in [1.29, 1.82) is 0 Å². The molecule has 0 spiro atoms.